The van der Waals surface area contributed by atoms with Crippen LogP contribution in [-0.4, -0.2) is 35.2 Å². The van der Waals surface area contributed by atoms with Crippen molar-refractivity contribution >= 4 is 23.5 Å². The highest BCUT2D eigenvalue weighted by Gasteiger charge is 2.36. The van der Waals surface area contributed by atoms with Gasteiger partial charge in [-0.3, -0.25) is 9.59 Å². The van der Waals surface area contributed by atoms with E-state index in [1.807, 2.05) is 13.8 Å². The summed E-state index contributed by atoms with van der Waals surface area (Å²) >= 11 is 0. The Kier molecular flexibility index (Phi) is 5.51. The van der Waals surface area contributed by atoms with Gasteiger partial charge in [-0.05, 0) is 45.4 Å². The molecule has 0 atom stereocenters. The van der Waals surface area contributed by atoms with Crippen molar-refractivity contribution in [1.29, 1.82) is 0 Å². The van der Waals surface area contributed by atoms with E-state index in [0.717, 1.165) is 18.6 Å². The zero-order chi connectivity index (χ0) is 16.1. The lowest BCUT2D eigenvalue weighted by molar-refractivity contribution is -0.201. The Morgan fingerprint density at radius 2 is 1.73 bits per heavy atom. The molecule has 0 aromatic heterocycles. The van der Waals surface area contributed by atoms with Gasteiger partial charge in [-0.2, -0.15) is 0 Å². The summed E-state index contributed by atoms with van der Waals surface area (Å²) in [6, 6.07) is 0. The zero-order valence-corrected chi connectivity index (χ0v) is 13.0. The molecule has 7 heteroatoms. The second-order valence-corrected chi connectivity index (χ2v) is 6.04. The van der Waals surface area contributed by atoms with Crippen LogP contribution < -0.4 is 0 Å². The highest BCUT2D eigenvalue weighted by molar-refractivity contribution is 6.01. The van der Waals surface area contributed by atoms with E-state index in [0.29, 0.717) is 30.4 Å². The number of nitrogens with zero attached hydrogens (tertiary/aromatic N) is 2. The Morgan fingerprint density at radius 1 is 1.14 bits per heavy atom. The number of hydroxylamine groups is 2. The first-order valence-corrected chi connectivity index (χ1v) is 7.68. The topological polar surface area (TPSA) is 85.3 Å². The standard InChI is InChI=1S/C15H22N2O5/c1-10(2)16-21-9-11-3-5-12(6-4-11)15(20)22-17-13(18)7-8-14(17)19/h11-12H,3-9H2,1-2H3. The Hall–Kier alpha value is -1.92. The van der Waals surface area contributed by atoms with Crippen LogP contribution in [-0.2, 0) is 24.1 Å². The molecule has 2 fully saturated rings. The third-order valence-electron chi connectivity index (χ3n) is 3.92. The SMILES string of the molecule is CC(C)=NOCC1CCC(C(=O)ON2C(=O)CCC2=O)CC1. The maximum Gasteiger partial charge on any atom is 0.336 e. The zero-order valence-electron chi connectivity index (χ0n) is 13.0. The van der Waals surface area contributed by atoms with Gasteiger partial charge >= 0.3 is 5.97 Å². The van der Waals surface area contributed by atoms with Gasteiger partial charge in [0, 0.05) is 12.8 Å². The molecule has 2 amide bonds. The maximum atomic E-state index is 12.0. The van der Waals surface area contributed by atoms with Gasteiger partial charge < -0.3 is 9.68 Å². The molecule has 1 heterocycles. The molecule has 0 N–H and O–H groups in total. The second kappa shape index (κ2) is 7.38. The van der Waals surface area contributed by atoms with Crippen LogP contribution in [0.3, 0.4) is 0 Å². The van der Waals surface area contributed by atoms with E-state index in [-0.39, 0.29) is 18.8 Å². The first-order chi connectivity index (χ1) is 10.5. The summed E-state index contributed by atoms with van der Waals surface area (Å²) in [4.78, 5) is 45.1. The van der Waals surface area contributed by atoms with E-state index < -0.39 is 17.8 Å². The predicted molar refractivity (Wildman–Crippen MR) is 77.4 cm³/mol. The van der Waals surface area contributed by atoms with Crippen LogP contribution in [0.15, 0.2) is 5.16 Å². The summed E-state index contributed by atoms with van der Waals surface area (Å²) in [6.07, 6.45) is 3.29. The van der Waals surface area contributed by atoms with Crippen molar-refractivity contribution in [2.45, 2.75) is 52.4 Å². The fourth-order valence-corrected chi connectivity index (χ4v) is 2.66. The fraction of sp³-hybridized carbons (Fsp3) is 0.733. The third kappa shape index (κ3) is 4.29. The highest BCUT2D eigenvalue weighted by Crippen LogP contribution is 2.30. The second-order valence-electron chi connectivity index (χ2n) is 6.04. The molecule has 0 radical (unpaired) electrons. The fourth-order valence-electron chi connectivity index (χ4n) is 2.66. The minimum absolute atomic E-state index is 0.119. The van der Waals surface area contributed by atoms with E-state index >= 15 is 0 Å². The van der Waals surface area contributed by atoms with Crippen molar-refractivity contribution in [2.24, 2.45) is 17.0 Å². The van der Waals surface area contributed by atoms with E-state index in [9.17, 15) is 14.4 Å². The van der Waals surface area contributed by atoms with Crippen LogP contribution in [0, 0.1) is 11.8 Å². The van der Waals surface area contributed by atoms with E-state index in [1.165, 1.54) is 0 Å². The number of hydrogen-bond donors (Lipinski definition) is 0. The average Bonchev–Trinajstić information content (AvgIpc) is 2.79. The van der Waals surface area contributed by atoms with Crippen molar-refractivity contribution in [3.05, 3.63) is 0 Å². The van der Waals surface area contributed by atoms with Crippen LogP contribution in [0.1, 0.15) is 52.4 Å². The Labute approximate surface area is 129 Å². The summed E-state index contributed by atoms with van der Waals surface area (Å²) in [5, 5.41) is 4.52. The molecule has 1 saturated heterocycles. The molecule has 1 aliphatic heterocycles. The number of imide groups is 1. The first kappa shape index (κ1) is 16.5. The monoisotopic (exact) mass is 310 g/mol. The number of carbonyl (C=O) groups excluding carboxylic acids is 3. The van der Waals surface area contributed by atoms with Crippen LogP contribution in [0.2, 0.25) is 0 Å². The largest absolute Gasteiger partial charge is 0.396 e. The molecular weight excluding hydrogens is 288 g/mol. The smallest absolute Gasteiger partial charge is 0.336 e. The van der Waals surface area contributed by atoms with Crippen LogP contribution in [0.5, 0.6) is 0 Å². The van der Waals surface area contributed by atoms with Crippen LogP contribution in [0.4, 0.5) is 0 Å². The van der Waals surface area contributed by atoms with Gasteiger partial charge in [0.1, 0.15) is 6.61 Å². The van der Waals surface area contributed by atoms with E-state index in [1.54, 1.807) is 0 Å². The quantitative estimate of drug-likeness (QED) is 0.439. The molecule has 22 heavy (non-hydrogen) atoms. The molecule has 0 unspecified atom stereocenters. The van der Waals surface area contributed by atoms with Crippen molar-refractivity contribution in [3.8, 4) is 0 Å². The Balaban J connectivity index is 1.74. The summed E-state index contributed by atoms with van der Waals surface area (Å²) in [7, 11) is 0. The molecule has 122 valence electrons. The molecule has 7 nitrogen and oxygen atoms in total. The molecule has 1 aliphatic carbocycles. The molecular formula is C15H22N2O5. The number of carbonyl (C=O) groups is 3. The van der Waals surface area contributed by atoms with E-state index in [2.05, 4.69) is 5.16 Å². The lowest BCUT2D eigenvalue weighted by Gasteiger charge is -2.27. The summed E-state index contributed by atoms with van der Waals surface area (Å²) in [5.74, 6) is -1.23. The van der Waals surface area contributed by atoms with Gasteiger partial charge in [0.25, 0.3) is 11.8 Å². The molecule has 0 aromatic rings. The lowest BCUT2D eigenvalue weighted by Crippen LogP contribution is -2.35. The summed E-state index contributed by atoms with van der Waals surface area (Å²) < 4.78 is 0. The predicted octanol–water partition coefficient (Wildman–Crippen LogP) is 1.81. The molecule has 0 bridgehead atoms. The van der Waals surface area contributed by atoms with Crippen molar-refractivity contribution in [3.63, 3.8) is 0 Å². The average molecular weight is 310 g/mol. The van der Waals surface area contributed by atoms with Crippen LogP contribution >= 0.6 is 0 Å². The number of oxime groups is 1. The first-order valence-electron chi connectivity index (χ1n) is 7.68. The minimum atomic E-state index is -0.481. The van der Waals surface area contributed by atoms with Gasteiger partial charge in [0.15, 0.2) is 0 Å². The third-order valence-corrected chi connectivity index (χ3v) is 3.92. The summed E-state index contributed by atoms with van der Waals surface area (Å²) in [6.45, 7) is 4.29. The lowest BCUT2D eigenvalue weighted by atomic mass is 9.82. The maximum absolute atomic E-state index is 12.0. The van der Waals surface area contributed by atoms with Gasteiger partial charge in [-0.25, -0.2) is 4.79 Å². The Morgan fingerprint density at radius 3 is 2.27 bits per heavy atom. The number of amides is 2. The molecule has 2 aliphatic rings. The molecule has 1 saturated carbocycles. The van der Waals surface area contributed by atoms with Crippen molar-refractivity contribution in [1.82, 2.24) is 5.06 Å². The van der Waals surface area contributed by atoms with Gasteiger partial charge in [0.2, 0.25) is 0 Å². The van der Waals surface area contributed by atoms with Crippen LogP contribution in [0.25, 0.3) is 0 Å². The van der Waals surface area contributed by atoms with Gasteiger partial charge in [-0.1, -0.05) is 5.16 Å². The van der Waals surface area contributed by atoms with Gasteiger partial charge in [0.05, 0.1) is 11.6 Å². The van der Waals surface area contributed by atoms with E-state index in [4.69, 9.17) is 9.68 Å². The summed E-state index contributed by atoms with van der Waals surface area (Å²) in [5.41, 5.74) is 0.872. The minimum Gasteiger partial charge on any atom is -0.396 e. The highest BCUT2D eigenvalue weighted by atomic mass is 16.7. The normalized spacial score (nSPS) is 25.1. The molecule has 2 rings (SSSR count). The number of hydrogen-bond acceptors (Lipinski definition) is 6. The number of rotatable bonds is 5. The van der Waals surface area contributed by atoms with Gasteiger partial charge in [-0.15, -0.1) is 5.06 Å². The Bertz CT molecular complexity index is 460. The van der Waals surface area contributed by atoms with Crippen molar-refractivity contribution < 1.29 is 24.1 Å². The molecule has 0 spiro atoms. The molecule has 0 aromatic carbocycles. The van der Waals surface area contributed by atoms with Crippen molar-refractivity contribution in [2.75, 3.05) is 6.61 Å².